The van der Waals surface area contributed by atoms with Crippen molar-refractivity contribution in [2.45, 2.75) is 12.0 Å². The Kier molecular flexibility index (Phi) is 4.49. The van der Waals surface area contributed by atoms with Crippen molar-refractivity contribution in [1.82, 2.24) is 4.90 Å². The van der Waals surface area contributed by atoms with Crippen molar-refractivity contribution >= 4 is 5.91 Å². The Labute approximate surface area is 138 Å². The number of β-amino-alcohol motifs (C(OH)–C–C–N with tert-alkyl or cyclic N) is 1. The minimum atomic E-state index is -1.16. The van der Waals surface area contributed by atoms with Gasteiger partial charge in [0.1, 0.15) is 18.0 Å². The molecule has 0 radical (unpaired) electrons. The monoisotopic (exact) mass is 333 g/mol. The van der Waals surface area contributed by atoms with Crippen molar-refractivity contribution in [2.75, 3.05) is 19.7 Å². The Balaban J connectivity index is 1.63. The molecule has 2 aromatic rings. The maximum absolute atomic E-state index is 13.3. The number of likely N-dealkylation sites (tertiary alicyclic amines) is 1. The summed E-state index contributed by atoms with van der Waals surface area (Å²) in [7, 11) is 0. The summed E-state index contributed by atoms with van der Waals surface area (Å²) in [5.41, 5.74) is -1.11. The average Bonchev–Trinajstić information content (AvgIpc) is 2.99. The Hall–Kier alpha value is -2.47. The zero-order chi connectivity index (χ0) is 17.2. The van der Waals surface area contributed by atoms with E-state index >= 15 is 0 Å². The van der Waals surface area contributed by atoms with Gasteiger partial charge >= 0.3 is 0 Å². The Morgan fingerprint density at radius 3 is 2.62 bits per heavy atom. The van der Waals surface area contributed by atoms with E-state index < -0.39 is 23.1 Å². The number of carbonyl (C=O) groups excluding carboxylic acids is 1. The van der Waals surface area contributed by atoms with Gasteiger partial charge in [0.15, 0.2) is 11.6 Å². The van der Waals surface area contributed by atoms with Gasteiger partial charge in [-0.1, -0.05) is 18.2 Å². The molecular formula is C18H17F2NO3. The van der Waals surface area contributed by atoms with Crippen LogP contribution in [-0.2, 0) is 0 Å². The van der Waals surface area contributed by atoms with E-state index in [9.17, 15) is 18.7 Å². The van der Waals surface area contributed by atoms with E-state index in [-0.39, 0.29) is 18.7 Å². The van der Waals surface area contributed by atoms with E-state index in [2.05, 4.69) is 0 Å². The second-order valence-electron chi connectivity index (χ2n) is 5.93. The molecule has 24 heavy (non-hydrogen) atoms. The smallest absolute Gasteiger partial charge is 0.254 e. The van der Waals surface area contributed by atoms with Crippen LogP contribution in [0.3, 0.4) is 0 Å². The fraction of sp³-hybridized carbons (Fsp3) is 0.278. The van der Waals surface area contributed by atoms with E-state index in [4.69, 9.17) is 4.74 Å². The van der Waals surface area contributed by atoms with E-state index in [0.29, 0.717) is 18.7 Å². The second kappa shape index (κ2) is 6.57. The molecule has 1 heterocycles. The highest BCUT2D eigenvalue weighted by Gasteiger charge is 2.39. The van der Waals surface area contributed by atoms with Gasteiger partial charge in [-0.05, 0) is 36.8 Å². The fourth-order valence-corrected chi connectivity index (χ4v) is 2.69. The Bertz CT molecular complexity index is 738. The molecule has 0 aromatic heterocycles. The highest BCUT2D eigenvalue weighted by Crippen LogP contribution is 2.24. The predicted molar refractivity (Wildman–Crippen MR) is 83.8 cm³/mol. The quantitative estimate of drug-likeness (QED) is 0.936. The van der Waals surface area contributed by atoms with E-state index in [0.717, 1.165) is 12.1 Å². The van der Waals surface area contributed by atoms with Gasteiger partial charge in [0, 0.05) is 12.1 Å². The standard InChI is InChI=1S/C18H17F2NO3/c19-15-7-6-13(10-16(15)20)17(22)21-9-8-18(23,11-21)12-24-14-4-2-1-3-5-14/h1-7,10,23H,8-9,11-12H2/t18-/m0/s1. The summed E-state index contributed by atoms with van der Waals surface area (Å²) < 4.78 is 31.8. The molecule has 1 N–H and O–H groups in total. The number of benzene rings is 2. The first-order chi connectivity index (χ1) is 11.5. The molecule has 6 heteroatoms. The number of hydrogen-bond acceptors (Lipinski definition) is 3. The summed E-state index contributed by atoms with van der Waals surface area (Å²) >= 11 is 0. The molecule has 1 fully saturated rings. The van der Waals surface area contributed by atoms with Gasteiger partial charge in [-0.3, -0.25) is 4.79 Å². The van der Waals surface area contributed by atoms with Crippen molar-refractivity contribution in [3.8, 4) is 5.75 Å². The van der Waals surface area contributed by atoms with E-state index in [1.165, 1.54) is 11.0 Å². The molecular weight excluding hydrogens is 316 g/mol. The normalized spacial score (nSPS) is 20.2. The van der Waals surface area contributed by atoms with Crippen LogP contribution in [0, 0.1) is 11.6 Å². The minimum absolute atomic E-state index is 0.0541. The zero-order valence-electron chi connectivity index (χ0n) is 12.9. The summed E-state index contributed by atoms with van der Waals surface area (Å²) in [6, 6.07) is 12.1. The number of aliphatic hydroxyl groups is 1. The van der Waals surface area contributed by atoms with Gasteiger partial charge in [0.25, 0.3) is 5.91 Å². The zero-order valence-corrected chi connectivity index (χ0v) is 12.9. The van der Waals surface area contributed by atoms with Crippen LogP contribution >= 0.6 is 0 Å². The van der Waals surface area contributed by atoms with Gasteiger partial charge in [0.2, 0.25) is 0 Å². The highest BCUT2D eigenvalue weighted by molar-refractivity contribution is 5.94. The molecule has 3 rings (SSSR count). The number of ether oxygens (including phenoxy) is 1. The number of nitrogens with zero attached hydrogens (tertiary/aromatic N) is 1. The molecule has 1 aliphatic rings. The van der Waals surface area contributed by atoms with Crippen LogP contribution in [0.2, 0.25) is 0 Å². The lowest BCUT2D eigenvalue weighted by Crippen LogP contribution is -2.40. The molecule has 126 valence electrons. The van der Waals surface area contributed by atoms with E-state index in [1.807, 2.05) is 18.2 Å². The third kappa shape index (κ3) is 3.54. The average molecular weight is 333 g/mol. The second-order valence-corrected chi connectivity index (χ2v) is 5.93. The molecule has 0 saturated carbocycles. The first-order valence-corrected chi connectivity index (χ1v) is 7.61. The lowest BCUT2D eigenvalue weighted by molar-refractivity contribution is 0.00430. The summed E-state index contributed by atoms with van der Waals surface area (Å²) in [6.07, 6.45) is 0.356. The first kappa shape index (κ1) is 16.4. The molecule has 1 saturated heterocycles. The van der Waals surface area contributed by atoms with Crippen molar-refractivity contribution in [2.24, 2.45) is 0 Å². The molecule has 2 aromatic carbocycles. The first-order valence-electron chi connectivity index (χ1n) is 7.61. The highest BCUT2D eigenvalue weighted by atomic mass is 19.2. The minimum Gasteiger partial charge on any atom is -0.491 e. The van der Waals surface area contributed by atoms with Gasteiger partial charge in [-0.2, -0.15) is 0 Å². The lowest BCUT2D eigenvalue weighted by atomic mass is 10.1. The molecule has 1 aliphatic heterocycles. The molecule has 1 atom stereocenters. The maximum Gasteiger partial charge on any atom is 0.254 e. The number of hydrogen-bond donors (Lipinski definition) is 1. The van der Waals surface area contributed by atoms with Crippen molar-refractivity contribution in [1.29, 1.82) is 0 Å². The number of para-hydroxylation sites is 1. The van der Waals surface area contributed by atoms with Crippen molar-refractivity contribution < 1.29 is 23.4 Å². The van der Waals surface area contributed by atoms with Crippen LogP contribution in [0.4, 0.5) is 8.78 Å². The number of amides is 1. The van der Waals surface area contributed by atoms with Crippen LogP contribution in [0.1, 0.15) is 16.8 Å². The Morgan fingerprint density at radius 1 is 1.17 bits per heavy atom. The number of rotatable bonds is 4. The molecule has 0 unspecified atom stereocenters. The van der Waals surface area contributed by atoms with E-state index in [1.54, 1.807) is 12.1 Å². The van der Waals surface area contributed by atoms with Crippen LogP contribution < -0.4 is 4.74 Å². The van der Waals surface area contributed by atoms with Gasteiger partial charge in [-0.15, -0.1) is 0 Å². The van der Waals surface area contributed by atoms with Crippen LogP contribution in [-0.4, -0.2) is 41.2 Å². The lowest BCUT2D eigenvalue weighted by Gasteiger charge is -2.23. The third-order valence-electron chi connectivity index (χ3n) is 4.04. The van der Waals surface area contributed by atoms with Crippen LogP contribution in [0.5, 0.6) is 5.75 Å². The van der Waals surface area contributed by atoms with Crippen LogP contribution in [0.25, 0.3) is 0 Å². The molecule has 0 aliphatic carbocycles. The van der Waals surface area contributed by atoms with Gasteiger partial charge in [0.05, 0.1) is 6.54 Å². The maximum atomic E-state index is 13.3. The van der Waals surface area contributed by atoms with Gasteiger partial charge < -0.3 is 14.7 Å². The number of carbonyl (C=O) groups is 1. The summed E-state index contributed by atoms with van der Waals surface area (Å²) in [5.74, 6) is -1.87. The summed E-state index contributed by atoms with van der Waals surface area (Å²) in [5, 5.41) is 10.6. The van der Waals surface area contributed by atoms with Crippen LogP contribution in [0.15, 0.2) is 48.5 Å². The summed E-state index contributed by atoms with van der Waals surface area (Å²) in [6.45, 7) is 0.461. The van der Waals surface area contributed by atoms with Gasteiger partial charge in [-0.25, -0.2) is 8.78 Å². The van der Waals surface area contributed by atoms with Crippen molar-refractivity contribution in [3.05, 3.63) is 65.7 Å². The fourth-order valence-electron chi connectivity index (χ4n) is 2.69. The molecule has 0 bridgehead atoms. The largest absolute Gasteiger partial charge is 0.491 e. The molecule has 4 nitrogen and oxygen atoms in total. The third-order valence-corrected chi connectivity index (χ3v) is 4.04. The summed E-state index contributed by atoms with van der Waals surface area (Å²) in [4.78, 5) is 13.8. The topological polar surface area (TPSA) is 49.8 Å². The number of halogens is 2. The van der Waals surface area contributed by atoms with Crippen molar-refractivity contribution in [3.63, 3.8) is 0 Å². The molecule has 0 spiro atoms. The molecule has 1 amide bonds. The predicted octanol–water partition coefficient (Wildman–Crippen LogP) is 2.62. The Morgan fingerprint density at radius 2 is 1.92 bits per heavy atom. The SMILES string of the molecule is O=C(c1ccc(F)c(F)c1)N1CC[C@@](O)(COc2ccccc2)C1.